The van der Waals surface area contributed by atoms with E-state index in [4.69, 9.17) is 31.0 Å². The Balaban J connectivity index is 1.08. The first-order valence-electron chi connectivity index (χ1n) is 16.9. The Bertz CT molecular complexity index is 1710. The van der Waals surface area contributed by atoms with Gasteiger partial charge in [-0.3, -0.25) is 10.1 Å². The molecule has 12 heteroatoms. The number of benzene rings is 2. The van der Waals surface area contributed by atoms with Crippen LogP contribution in [0.4, 0.5) is 11.5 Å². The number of piperazine rings is 1. The maximum atomic E-state index is 13.6. The molecule has 0 unspecified atom stereocenters. The van der Waals surface area contributed by atoms with E-state index >= 15 is 0 Å². The molecule has 8 rings (SSSR count). The van der Waals surface area contributed by atoms with Crippen molar-refractivity contribution in [2.45, 2.75) is 56.4 Å². The maximum Gasteiger partial charge on any atom is 0.318 e. The lowest BCUT2D eigenvalue weighted by molar-refractivity contribution is -0.133. The van der Waals surface area contributed by atoms with Gasteiger partial charge in [-0.05, 0) is 50.4 Å². The Morgan fingerprint density at radius 1 is 1.11 bits per heavy atom. The molecule has 0 aliphatic carbocycles. The van der Waals surface area contributed by atoms with Gasteiger partial charge < -0.3 is 29.1 Å². The van der Waals surface area contributed by atoms with Crippen molar-refractivity contribution in [3.8, 4) is 12.1 Å². The zero-order valence-corrected chi connectivity index (χ0v) is 27.5. The van der Waals surface area contributed by atoms with Gasteiger partial charge in [-0.1, -0.05) is 35.9 Å². The number of fused-ring (bicyclic) bond motifs is 2. The molecule has 4 fully saturated rings. The molecule has 0 spiro atoms. The fourth-order valence-corrected chi connectivity index (χ4v) is 8.14. The summed E-state index contributed by atoms with van der Waals surface area (Å²) < 4.78 is 11.7. The topological polar surface area (TPSA) is 120 Å². The van der Waals surface area contributed by atoms with Gasteiger partial charge in [0, 0.05) is 60.8 Å². The van der Waals surface area contributed by atoms with Crippen LogP contribution in [-0.4, -0.2) is 109 Å². The molecule has 1 N–H and O–H groups in total. The first kappa shape index (κ1) is 30.6. The van der Waals surface area contributed by atoms with E-state index in [0.717, 1.165) is 70.9 Å². The van der Waals surface area contributed by atoms with Crippen LogP contribution in [-0.2, 0) is 22.5 Å². The van der Waals surface area contributed by atoms with Crippen LogP contribution < -0.4 is 19.9 Å². The van der Waals surface area contributed by atoms with E-state index in [1.807, 2.05) is 17.0 Å². The van der Waals surface area contributed by atoms with E-state index < -0.39 is 0 Å². The molecular weight excluding hydrogens is 616 g/mol. The minimum absolute atomic E-state index is 0.0978. The summed E-state index contributed by atoms with van der Waals surface area (Å²) >= 11 is 6.74. The summed E-state index contributed by atoms with van der Waals surface area (Å²) in [5.74, 6) is 1.36. The van der Waals surface area contributed by atoms with Crippen LogP contribution in [0.5, 0.6) is 6.01 Å². The summed E-state index contributed by atoms with van der Waals surface area (Å²) in [7, 11) is 2.14. The quantitative estimate of drug-likeness (QED) is 0.362. The molecule has 5 aliphatic rings. The number of likely N-dealkylation sites (tertiary alicyclic amines) is 1. The van der Waals surface area contributed by atoms with Gasteiger partial charge in [-0.15, -0.1) is 0 Å². The number of anilines is 2. The molecule has 246 valence electrons. The number of hydrogen-bond donors (Lipinski definition) is 1. The number of nitriles is 1. The summed E-state index contributed by atoms with van der Waals surface area (Å²) in [5.41, 5.74) is 3.15. The molecular formula is C35H41ClN8O3. The zero-order valence-electron chi connectivity index (χ0n) is 26.8. The van der Waals surface area contributed by atoms with Gasteiger partial charge in [0.2, 0.25) is 5.91 Å². The van der Waals surface area contributed by atoms with Crippen molar-refractivity contribution >= 4 is 39.8 Å². The second-order valence-corrected chi connectivity index (χ2v) is 14.0. The SMILES string of the molecule is CN1CCC[C@H]1COc1nc2c(c(N3CCN(C(=O)[C@H]4N[C@H]4C4COC4)[C@@H](CC#N)C3)n1)CCN(c1cccc3cccc(Cl)c13)C2. The van der Waals surface area contributed by atoms with Gasteiger partial charge in [-0.25, -0.2) is 0 Å². The highest BCUT2D eigenvalue weighted by Crippen LogP contribution is 2.38. The van der Waals surface area contributed by atoms with Gasteiger partial charge >= 0.3 is 6.01 Å². The van der Waals surface area contributed by atoms with Crippen LogP contribution in [0.2, 0.25) is 5.02 Å². The van der Waals surface area contributed by atoms with E-state index in [2.05, 4.69) is 57.4 Å². The van der Waals surface area contributed by atoms with Crippen LogP contribution in [0.15, 0.2) is 36.4 Å². The zero-order chi connectivity index (χ0) is 32.1. The van der Waals surface area contributed by atoms with Crippen molar-refractivity contribution in [1.29, 1.82) is 5.26 Å². The van der Waals surface area contributed by atoms with E-state index in [1.54, 1.807) is 0 Å². The second kappa shape index (κ2) is 12.7. The summed E-state index contributed by atoms with van der Waals surface area (Å²) in [6, 6.07) is 15.2. The number of ether oxygens (including phenoxy) is 2. The van der Waals surface area contributed by atoms with Crippen molar-refractivity contribution in [3.63, 3.8) is 0 Å². The Hall–Kier alpha value is -3.69. The summed E-state index contributed by atoms with van der Waals surface area (Å²) in [5, 5.41) is 16.0. The van der Waals surface area contributed by atoms with Crippen molar-refractivity contribution in [2.75, 3.05) is 69.4 Å². The lowest BCUT2D eigenvalue weighted by Crippen LogP contribution is -2.57. The summed E-state index contributed by atoms with van der Waals surface area (Å²) in [4.78, 5) is 32.5. The normalized spacial score (nSPS) is 26.2. The van der Waals surface area contributed by atoms with Gasteiger partial charge in [0.1, 0.15) is 18.5 Å². The van der Waals surface area contributed by atoms with Crippen molar-refractivity contribution in [2.24, 2.45) is 5.92 Å². The van der Waals surface area contributed by atoms with E-state index in [-0.39, 0.29) is 30.5 Å². The number of nitrogens with one attached hydrogen (secondary N) is 1. The van der Waals surface area contributed by atoms with Gasteiger partial charge in [-0.2, -0.15) is 15.2 Å². The summed E-state index contributed by atoms with van der Waals surface area (Å²) in [6.07, 6.45) is 3.29. The molecule has 6 heterocycles. The van der Waals surface area contributed by atoms with Crippen molar-refractivity contribution in [1.82, 2.24) is 25.1 Å². The largest absolute Gasteiger partial charge is 0.462 e. The lowest BCUT2D eigenvalue weighted by atomic mass is 9.99. The number of nitrogens with zero attached hydrogens (tertiary/aromatic N) is 7. The Labute approximate surface area is 280 Å². The number of halogens is 1. The number of hydrogen-bond acceptors (Lipinski definition) is 10. The third-order valence-corrected chi connectivity index (χ3v) is 11.0. The molecule has 47 heavy (non-hydrogen) atoms. The van der Waals surface area contributed by atoms with E-state index in [9.17, 15) is 10.1 Å². The molecule has 11 nitrogen and oxygen atoms in total. The highest BCUT2D eigenvalue weighted by atomic mass is 35.5. The number of likely N-dealkylation sites (N-methyl/N-ethyl adjacent to an activating group) is 1. The fourth-order valence-electron chi connectivity index (χ4n) is 7.86. The molecule has 1 aromatic heterocycles. The first-order valence-corrected chi connectivity index (χ1v) is 17.3. The minimum atomic E-state index is -0.220. The highest BCUT2D eigenvalue weighted by molar-refractivity contribution is 6.36. The predicted octanol–water partition coefficient (Wildman–Crippen LogP) is 3.24. The first-order chi connectivity index (χ1) is 23.0. The molecule has 0 bridgehead atoms. The molecule has 4 atom stereocenters. The average Bonchev–Trinajstić information content (AvgIpc) is 3.72. The Morgan fingerprint density at radius 3 is 2.72 bits per heavy atom. The summed E-state index contributed by atoms with van der Waals surface area (Å²) in [6.45, 7) is 6.15. The van der Waals surface area contributed by atoms with Crippen LogP contribution in [0.3, 0.4) is 0 Å². The maximum absolute atomic E-state index is 13.6. The number of rotatable bonds is 8. The van der Waals surface area contributed by atoms with Crippen molar-refractivity contribution in [3.05, 3.63) is 52.7 Å². The van der Waals surface area contributed by atoms with Crippen LogP contribution >= 0.6 is 11.6 Å². The third-order valence-electron chi connectivity index (χ3n) is 10.7. The van der Waals surface area contributed by atoms with E-state index in [0.29, 0.717) is 64.0 Å². The molecule has 3 aromatic rings. The molecule has 2 aromatic carbocycles. The molecule has 1 amide bonds. The molecule has 0 radical (unpaired) electrons. The number of carbonyl (C=O) groups excluding carboxylic acids is 1. The lowest BCUT2D eigenvalue weighted by Gasteiger charge is -2.42. The molecule has 4 saturated heterocycles. The smallest absolute Gasteiger partial charge is 0.318 e. The molecule has 5 aliphatic heterocycles. The number of aromatic nitrogens is 2. The molecule has 0 saturated carbocycles. The van der Waals surface area contributed by atoms with Gasteiger partial charge in [0.05, 0.1) is 49.0 Å². The average molecular weight is 657 g/mol. The van der Waals surface area contributed by atoms with Crippen molar-refractivity contribution < 1.29 is 14.3 Å². The monoisotopic (exact) mass is 656 g/mol. The predicted molar refractivity (Wildman–Crippen MR) is 180 cm³/mol. The second-order valence-electron chi connectivity index (χ2n) is 13.6. The Morgan fingerprint density at radius 2 is 1.96 bits per heavy atom. The number of amides is 1. The minimum Gasteiger partial charge on any atom is -0.462 e. The van der Waals surface area contributed by atoms with Crippen LogP contribution in [0.1, 0.15) is 30.5 Å². The third kappa shape index (κ3) is 5.86. The highest BCUT2D eigenvalue weighted by Gasteiger charge is 2.52. The van der Waals surface area contributed by atoms with E-state index in [1.165, 1.54) is 0 Å². The van der Waals surface area contributed by atoms with Crippen LogP contribution in [0.25, 0.3) is 10.8 Å². The fraction of sp³-hybridized carbons (Fsp3) is 0.543. The van der Waals surface area contributed by atoms with Gasteiger partial charge in [0.25, 0.3) is 0 Å². The Kier molecular flexibility index (Phi) is 8.30. The number of carbonyl (C=O) groups is 1. The van der Waals surface area contributed by atoms with Gasteiger partial charge in [0.15, 0.2) is 0 Å². The standard InChI is InChI=1S/C35H41ClN8O3/c1-41-13-4-7-25(41)21-47-35-38-28-18-42(29-9-3-6-22-5-2-8-27(36)30(22)29)14-11-26(28)33(40-35)43-15-16-44(24(17-43)10-12-37)34(45)32-31(39-32)23-19-46-20-23/h2-3,5-6,8-9,23-25,31-32,39H,4,7,10-11,13-21H2,1H3/t24-,25-,31-,32-/m0/s1. The van der Waals surface area contributed by atoms with Crippen LogP contribution in [0, 0.1) is 17.2 Å².